The van der Waals surface area contributed by atoms with Gasteiger partial charge in [-0.05, 0) is 54.8 Å². The number of nitriles is 1. The maximum Gasteiger partial charge on any atom is 0.161 e. The van der Waals surface area contributed by atoms with Crippen molar-refractivity contribution in [3.8, 4) is 11.8 Å². The van der Waals surface area contributed by atoms with Crippen LogP contribution in [0.1, 0.15) is 36.3 Å². The van der Waals surface area contributed by atoms with Gasteiger partial charge in [-0.3, -0.25) is 14.6 Å². The molecule has 1 aliphatic carbocycles. The predicted molar refractivity (Wildman–Crippen MR) is 133 cm³/mol. The Bertz CT molecular complexity index is 1270. The fourth-order valence-electron chi connectivity index (χ4n) is 5.41. The molecule has 8 heteroatoms. The lowest BCUT2D eigenvalue weighted by molar-refractivity contribution is -0.116. The maximum atomic E-state index is 13.6. The number of morpholine rings is 1. The third-order valence-electron chi connectivity index (χ3n) is 7.13. The lowest BCUT2D eigenvalue weighted by Gasteiger charge is -2.39. The number of Topliss-reactive ketones (excluding diaryl/α,β-unsaturated/α-hetero) is 1. The number of carbonyl (C=O) groups excluding carboxylic acids is 1. The third kappa shape index (κ3) is 4.36. The standard InChI is InChI=1S/C28H29FN4O3/c1-35-25-10-5-18(15-19(25)17-32-11-13-36-14-12-32)26-22(16-30)28(31)33(21-8-6-20(29)7-9-21)23-3-2-4-24(34)27(23)26/h5-10,15,26H,2-4,11-14,17,31H2,1H3/t26-/m0/s1. The van der Waals surface area contributed by atoms with E-state index in [2.05, 4.69) is 11.0 Å². The highest BCUT2D eigenvalue weighted by Gasteiger charge is 2.40. The third-order valence-corrected chi connectivity index (χ3v) is 7.13. The quantitative estimate of drug-likeness (QED) is 0.681. The van der Waals surface area contributed by atoms with E-state index in [0.717, 1.165) is 35.7 Å². The van der Waals surface area contributed by atoms with Crippen LogP contribution in [-0.2, 0) is 16.1 Å². The molecule has 5 rings (SSSR count). The SMILES string of the molecule is COc1ccc([C@H]2C(C#N)=C(N)N(c3ccc(F)cc3)C3=C2C(=O)CCC3)cc1CN1CCOCC1. The van der Waals surface area contributed by atoms with Gasteiger partial charge in [0.2, 0.25) is 0 Å². The molecule has 1 fully saturated rings. The number of hydrogen-bond donors (Lipinski definition) is 1. The van der Waals surface area contributed by atoms with Gasteiger partial charge in [0.1, 0.15) is 17.4 Å². The van der Waals surface area contributed by atoms with Crippen molar-refractivity contribution in [2.45, 2.75) is 31.7 Å². The molecule has 0 spiro atoms. The van der Waals surface area contributed by atoms with E-state index in [4.69, 9.17) is 15.2 Å². The Morgan fingerprint density at radius 3 is 2.61 bits per heavy atom. The first kappa shape index (κ1) is 24.0. The lowest BCUT2D eigenvalue weighted by atomic mass is 9.75. The average molecular weight is 489 g/mol. The topological polar surface area (TPSA) is 91.8 Å². The molecule has 0 bridgehead atoms. The molecule has 0 unspecified atom stereocenters. The van der Waals surface area contributed by atoms with Crippen LogP contribution in [0.15, 0.2) is 65.1 Å². The predicted octanol–water partition coefficient (Wildman–Crippen LogP) is 3.97. The minimum Gasteiger partial charge on any atom is -0.496 e. The molecule has 2 N–H and O–H groups in total. The van der Waals surface area contributed by atoms with E-state index >= 15 is 0 Å². The Balaban J connectivity index is 1.62. The summed E-state index contributed by atoms with van der Waals surface area (Å²) in [6.45, 7) is 3.70. The number of benzene rings is 2. The van der Waals surface area contributed by atoms with Gasteiger partial charge in [0.05, 0.1) is 37.9 Å². The summed E-state index contributed by atoms with van der Waals surface area (Å²) in [4.78, 5) is 17.4. The number of allylic oxidation sites excluding steroid dienone is 3. The van der Waals surface area contributed by atoms with Gasteiger partial charge >= 0.3 is 0 Å². The minimum absolute atomic E-state index is 0.0131. The first-order valence-corrected chi connectivity index (χ1v) is 12.2. The largest absolute Gasteiger partial charge is 0.496 e. The maximum absolute atomic E-state index is 13.6. The van der Waals surface area contributed by atoms with E-state index in [0.29, 0.717) is 55.9 Å². The van der Waals surface area contributed by atoms with Gasteiger partial charge in [0.15, 0.2) is 5.78 Å². The molecule has 2 aromatic rings. The Kier molecular flexibility index (Phi) is 6.77. The van der Waals surface area contributed by atoms with Crippen molar-refractivity contribution >= 4 is 11.5 Å². The first-order valence-electron chi connectivity index (χ1n) is 12.2. The number of ether oxygens (including phenoxy) is 2. The molecule has 2 aliphatic heterocycles. The van der Waals surface area contributed by atoms with Crippen molar-refractivity contribution in [3.05, 3.63) is 82.1 Å². The van der Waals surface area contributed by atoms with Gasteiger partial charge in [-0.25, -0.2) is 4.39 Å². The smallest absolute Gasteiger partial charge is 0.161 e. The van der Waals surface area contributed by atoms with Crippen LogP contribution in [0.2, 0.25) is 0 Å². The van der Waals surface area contributed by atoms with Gasteiger partial charge in [0.25, 0.3) is 0 Å². The van der Waals surface area contributed by atoms with E-state index in [1.54, 1.807) is 24.1 Å². The van der Waals surface area contributed by atoms with E-state index in [9.17, 15) is 14.4 Å². The van der Waals surface area contributed by atoms with Crippen molar-refractivity contribution in [2.75, 3.05) is 38.3 Å². The fourth-order valence-corrected chi connectivity index (χ4v) is 5.41. The van der Waals surface area contributed by atoms with Crippen LogP contribution in [0.5, 0.6) is 5.75 Å². The number of halogens is 1. The van der Waals surface area contributed by atoms with Crippen LogP contribution in [0.25, 0.3) is 0 Å². The zero-order valence-corrected chi connectivity index (χ0v) is 20.3. The van der Waals surface area contributed by atoms with Crippen LogP contribution >= 0.6 is 0 Å². The van der Waals surface area contributed by atoms with Gasteiger partial charge in [-0.2, -0.15) is 5.26 Å². The van der Waals surface area contributed by atoms with Crippen LogP contribution in [0.4, 0.5) is 10.1 Å². The van der Waals surface area contributed by atoms with Crippen LogP contribution in [-0.4, -0.2) is 44.1 Å². The zero-order valence-electron chi connectivity index (χ0n) is 20.3. The summed E-state index contributed by atoms with van der Waals surface area (Å²) in [5, 5.41) is 10.3. The van der Waals surface area contributed by atoms with Crippen LogP contribution in [0.3, 0.4) is 0 Å². The number of ketones is 1. The molecule has 0 radical (unpaired) electrons. The van der Waals surface area contributed by atoms with Gasteiger partial charge in [0, 0.05) is 48.6 Å². The van der Waals surface area contributed by atoms with Crippen molar-refractivity contribution in [1.29, 1.82) is 5.26 Å². The molecule has 7 nitrogen and oxygen atoms in total. The molecule has 2 heterocycles. The Morgan fingerprint density at radius 2 is 1.92 bits per heavy atom. The Hall–Kier alpha value is -3.67. The number of nitrogens with two attached hydrogens (primary N) is 1. The summed E-state index contributed by atoms with van der Waals surface area (Å²) in [6.07, 6.45) is 1.76. The average Bonchev–Trinajstić information content (AvgIpc) is 2.89. The molecule has 2 aromatic carbocycles. The van der Waals surface area contributed by atoms with Crippen molar-refractivity contribution in [2.24, 2.45) is 5.73 Å². The van der Waals surface area contributed by atoms with Crippen molar-refractivity contribution in [1.82, 2.24) is 4.90 Å². The van der Waals surface area contributed by atoms with Crippen molar-refractivity contribution < 1.29 is 18.7 Å². The van der Waals surface area contributed by atoms with Crippen molar-refractivity contribution in [3.63, 3.8) is 0 Å². The number of nitrogens with zero attached hydrogens (tertiary/aromatic N) is 3. The molecular weight excluding hydrogens is 459 g/mol. The fraction of sp³-hybridized carbons (Fsp3) is 0.357. The summed E-state index contributed by atoms with van der Waals surface area (Å²) >= 11 is 0. The molecule has 0 amide bonds. The minimum atomic E-state index is -0.566. The van der Waals surface area contributed by atoms with E-state index < -0.39 is 5.92 Å². The highest BCUT2D eigenvalue weighted by Crippen LogP contribution is 2.46. The number of carbonyl (C=O) groups is 1. The van der Waals surface area contributed by atoms with E-state index in [1.807, 2.05) is 18.2 Å². The lowest BCUT2D eigenvalue weighted by Crippen LogP contribution is -2.38. The molecule has 0 saturated carbocycles. The number of methoxy groups -OCH3 is 1. The highest BCUT2D eigenvalue weighted by molar-refractivity contribution is 6.01. The van der Waals surface area contributed by atoms with Gasteiger partial charge in [-0.15, -0.1) is 0 Å². The molecule has 1 saturated heterocycles. The molecule has 0 aromatic heterocycles. The second-order valence-electron chi connectivity index (χ2n) is 9.25. The summed E-state index contributed by atoms with van der Waals surface area (Å²) in [5.74, 6) is 0.112. The van der Waals surface area contributed by atoms with Crippen LogP contribution in [0, 0.1) is 17.1 Å². The monoisotopic (exact) mass is 488 g/mol. The molecule has 36 heavy (non-hydrogen) atoms. The first-order chi connectivity index (χ1) is 17.5. The molecule has 3 aliphatic rings. The molecule has 186 valence electrons. The molecular formula is C28H29FN4O3. The Labute approximate surface area is 210 Å². The normalized spacial score (nSPS) is 20.9. The van der Waals surface area contributed by atoms with E-state index in [1.165, 1.54) is 12.1 Å². The van der Waals surface area contributed by atoms with Crippen LogP contribution < -0.4 is 15.4 Å². The summed E-state index contributed by atoms with van der Waals surface area (Å²) in [5.41, 5.74) is 10.8. The summed E-state index contributed by atoms with van der Waals surface area (Å²) in [6, 6.07) is 14.1. The summed E-state index contributed by atoms with van der Waals surface area (Å²) in [7, 11) is 1.64. The highest BCUT2D eigenvalue weighted by atomic mass is 19.1. The Morgan fingerprint density at radius 1 is 1.17 bits per heavy atom. The second kappa shape index (κ2) is 10.1. The zero-order chi connectivity index (χ0) is 25.2. The number of rotatable bonds is 5. The molecule has 1 atom stereocenters. The van der Waals surface area contributed by atoms with Gasteiger partial charge in [-0.1, -0.05) is 6.07 Å². The summed E-state index contributed by atoms with van der Waals surface area (Å²) < 4.78 is 24.8. The number of anilines is 1. The van der Waals surface area contributed by atoms with E-state index in [-0.39, 0.29) is 17.4 Å². The second-order valence-corrected chi connectivity index (χ2v) is 9.25. The number of hydrogen-bond acceptors (Lipinski definition) is 7. The van der Waals surface area contributed by atoms with Gasteiger partial charge < -0.3 is 15.2 Å².